The molecule has 1 aromatic heterocycles. The van der Waals surface area contributed by atoms with Gasteiger partial charge in [0, 0.05) is 18.7 Å². The van der Waals surface area contributed by atoms with Gasteiger partial charge in [0.1, 0.15) is 39.5 Å². The van der Waals surface area contributed by atoms with Crippen LogP contribution < -0.4 is 5.73 Å². The van der Waals surface area contributed by atoms with E-state index in [4.69, 9.17) is 5.73 Å². The van der Waals surface area contributed by atoms with Gasteiger partial charge in [0.25, 0.3) is 0 Å². The van der Waals surface area contributed by atoms with E-state index in [0.717, 1.165) is 30.2 Å². The maximum atomic E-state index is 13.4. The number of hydrogen-bond donors (Lipinski definition) is 2. The van der Waals surface area contributed by atoms with Gasteiger partial charge in [-0.25, -0.2) is 4.98 Å². The van der Waals surface area contributed by atoms with Crippen LogP contribution in [0.2, 0.25) is 0 Å². The third kappa shape index (κ3) is 4.48. The molecule has 164 valence electrons. The molecule has 1 aliphatic heterocycles. The number of carbonyl (C=O) groups is 1. The normalized spacial score (nSPS) is 13.8. The molecule has 1 aliphatic rings. The second-order valence-corrected chi connectivity index (χ2v) is 8.74. The lowest BCUT2D eigenvalue weighted by atomic mass is 9.97. The molecule has 1 unspecified atom stereocenters. The lowest BCUT2D eigenvalue weighted by molar-refractivity contribution is -0.129. The Hall–Kier alpha value is -4.01. The van der Waals surface area contributed by atoms with Gasteiger partial charge in [-0.3, -0.25) is 4.79 Å². The monoisotopic (exact) mass is 455 g/mol. The summed E-state index contributed by atoms with van der Waals surface area (Å²) in [5, 5.41) is 29.4. The Morgan fingerprint density at radius 3 is 2.39 bits per heavy atom. The van der Waals surface area contributed by atoms with Crippen molar-refractivity contribution in [1.82, 2.24) is 9.88 Å². The summed E-state index contributed by atoms with van der Waals surface area (Å²) in [6.45, 7) is 1.40. The molecule has 8 heteroatoms. The van der Waals surface area contributed by atoms with Crippen molar-refractivity contribution in [2.45, 2.75) is 23.1 Å². The minimum absolute atomic E-state index is 0.00348. The van der Waals surface area contributed by atoms with Crippen molar-refractivity contribution in [2.24, 2.45) is 0 Å². The number of aromatic nitrogens is 1. The summed E-state index contributed by atoms with van der Waals surface area (Å²) < 4.78 is 0. The van der Waals surface area contributed by atoms with E-state index < -0.39 is 5.25 Å². The summed E-state index contributed by atoms with van der Waals surface area (Å²) in [6, 6.07) is 19.8. The fraction of sp³-hybridized carbons (Fsp3) is 0.200. The fourth-order valence-electron chi connectivity index (χ4n) is 3.94. The predicted molar refractivity (Wildman–Crippen MR) is 126 cm³/mol. The van der Waals surface area contributed by atoms with E-state index in [2.05, 4.69) is 11.1 Å². The number of nitrogens with two attached hydrogens (primary N) is 1. The molecule has 33 heavy (non-hydrogen) atoms. The Labute approximate surface area is 196 Å². The van der Waals surface area contributed by atoms with Crippen LogP contribution in [0.25, 0.3) is 11.1 Å². The summed E-state index contributed by atoms with van der Waals surface area (Å²) in [7, 11) is 0. The minimum atomic E-state index is -0.617. The van der Waals surface area contributed by atoms with E-state index in [1.807, 2.05) is 41.3 Å². The van der Waals surface area contributed by atoms with Gasteiger partial charge in [-0.05, 0) is 36.1 Å². The number of phenols is 1. The molecule has 3 N–H and O–H groups in total. The van der Waals surface area contributed by atoms with Crippen LogP contribution in [0.4, 0.5) is 5.82 Å². The maximum absolute atomic E-state index is 13.4. The van der Waals surface area contributed by atoms with Crippen LogP contribution in [0.1, 0.15) is 34.8 Å². The Balaban J connectivity index is 1.86. The van der Waals surface area contributed by atoms with E-state index in [1.165, 1.54) is 12.1 Å². The van der Waals surface area contributed by atoms with Gasteiger partial charge >= 0.3 is 0 Å². The number of nitriles is 2. The smallest absolute Gasteiger partial charge is 0.240 e. The highest BCUT2D eigenvalue weighted by molar-refractivity contribution is 8.00. The van der Waals surface area contributed by atoms with Crippen molar-refractivity contribution in [2.75, 3.05) is 18.8 Å². The lowest BCUT2D eigenvalue weighted by Gasteiger charge is -2.24. The average molecular weight is 456 g/mol. The van der Waals surface area contributed by atoms with Crippen LogP contribution in [0.5, 0.6) is 5.75 Å². The van der Waals surface area contributed by atoms with Crippen LogP contribution in [-0.4, -0.2) is 34.0 Å². The van der Waals surface area contributed by atoms with Crippen LogP contribution in [-0.2, 0) is 4.79 Å². The third-order valence-electron chi connectivity index (χ3n) is 5.52. The molecule has 7 nitrogen and oxygen atoms in total. The number of nitrogens with zero attached hydrogens (tertiary/aromatic N) is 4. The zero-order valence-corrected chi connectivity index (χ0v) is 18.5. The predicted octanol–water partition coefficient (Wildman–Crippen LogP) is 4.24. The number of aromatic hydroxyl groups is 1. The maximum Gasteiger partial charge on any atom is 0.240 e. The molecule has 0 saturated carbocycles. The van der Waals surface area contributed by atoms with Gasteiger partial charge in [0.15, 0.2) is 0 Å². The third-order valence-corrected chi connectivity index (χ3v) is 6.75. The molecule has 0 aliphatic carbocycles. The Bertz CT molecular complexity index is 1270. The van der Waals surface area contributed by atoms with E-state index in [0.29, 0.717) is 24.2 Å². The van der Waals surface area contributed by atoms with Gasteiger partial charge < -0.3 is 15.7 Å². The average Bonchev–Trinajstić information content (AvgIpc) is 3.37. The molecule has 2 aromatic carbocycles. The quantitative estimate of drug-likeness (QED) is 0.551. The van der Waals surface area contributed by atoms with Crippen molar-refractivity contribution >= 4 is 23.5 Å². The first-order valence-corrected chi connectivity index (χ1v) is 11.3. The van der Waals surface area contributed by atoms with E-state index in [-0.39, 0.29) is 33.6 Å². The topological polar surface area (TPSA) is 127 Å². The highest BCUT2D eigenvalue weighted by Gasteiger charge is 2.31. The Kier molecular flexibility index (Phi) is 6.48. The number of thioether (sulfide) groups is 1. The number of phenolic OH excluding ortho intramolecular Hbond substituents is 1. The molecule has 3 aromatic rings. The summed E-state index contributed by atoms with van der Waals surface area (Å²) in [5.41, 5.74) is 7.90. The number of pyridine rings is 1. The molecular weight excluding hydrogens is 434 g/mol. The van der Waals surface area contributed by atoms with E-state index >= 15 is 0 Å². The number of benzene rings is 2. The molecule has 0 radical (unpaired) electrons. The molecular formula is C25H21N5O2S. The van der Waals surface area contributed by atoms with E-state index in [9.17, 15) is 20.4 Å². The van der Waals surface area contributed by atoms with Crippen LogP contribution in [0.15, 0.2) is 59.6 Å². The van der Waals surface area contributed by atoms with Gasteiger partial charge in [-0.2, -0.15) is 10.5 Å². The highest BCUT2D eigenvalue weighted by Crippen LogP contribution is 2.42. The van der Waals surface area contributed by atoms with Crippen LogP contribution >= 0.6 is 11.8 Å². The van der Waals surface area contributed by atoms with Gasteiger partial charge in [0.05, 0.1) is 5.56 Å². The molecule has 1 atom stereocenters. The van der Waals surface area contributed by atoms with Gasteiger partial charge in [-0.1, -0.05) is 54.2 Å². The summed E-state index contributed by atoms with van der Waals surface area (Å²) in [5.74, 6) is -0.0785. The summed E-state index contributed by atoms with van der Waals surface area (Å²) >= 11 is 1.16. The summed E-state index contributed by atoms with van der Waals surface area (Å²) in [4.78, 5) is 19.6. The van der Waals surface area contributed by atoms with Gasteiger partial charge in [0.2, 0.25) is 5.91 Å². The van der Waals surface area contributed by atoms with Crippen molar-refractivity contribution in [3.05, 3.63) is 71.3 Å². The SMILES string of the molecule is N#Cc1c(N)nc(SC(C(=O)N2CCCC2)c2ccccc2)c(C#N)c1-c1cccc(O)c1. The van der Waals surface area contributed by atoms with Crippen molar-refractivity contribution in [1.29, 1.82) is 10.5 Å². The molecule has 1 fully saturated rings. The summed E-state index contributed by atoms with van der Waals surface area (Å²) in [6.07, 6.45) is 1.93. The number of likely N-dealkylation sites (tertiary alicyclic amines) is 1. The zero-order valence-electron chi connectivity index (χ0n) is 17.7. The largest absolute Gasteiger partial charge is 0.508 e. The first-order valence-electron chi connectivity index (χ1n) is 10.5. The lowest BCUT2D eigenvalue weighted by Crippen LogP contribution is -2.31. The van der Waals surface area contributed by atoms with Crippen LogP contribution in [0.3, 0.4) is 0 Å². The minimum Gasteiger partial charge on any atom is -0.508 e. The van der Waals surface area contributed by atoms with E-state index in [1.54, 1.807) is 12.1 Å². The first-order chi connectivity index (χ1) is 16.0. The zero-order chi connectivity index (χ0) is 23.4. The molecule has 1 saturated heterocycles. The molecule has 2 heterocycles. The number of rotatable bonds is 5. The second kappa shape index (κ2) is 9.64. The Morgan fingerprint density at radius 2 is 1.76 bits per heavy atom. The second-order valence-electron chi connectivity index (χ2n) is 7.64. The van der Waals surface area contributed by atoms with Crippen LogP contribution in [0, 0.1) is 22.7 Å². The standard InChI is InChI=1S/C25H21N5O2S/c26-14-19-21(17-9-6-10-18(31)13-17)20(15-27)24(29-23(19)28)33-22(16-7-2-1-3-8-16)25(32)30-11-4-5-12-30/h1-3,6-10,13,22,31H,4-5,11-12H2,(H2,28,29). The molecule has 1 amide bonds. The molecule has 4 rings (SSSR count). The number of nitrogen functional groups attached to an aromatic ring is 1. The first kappa shape index (κ1) is 22.2. The highest BCUT2D eigenvalue weighted by atomic mass is 32.2. The van der Waals surface area contributed by atoms with Gasteiger partial charge in [-0.15, -0.1) is 0 Å². The number of amides is 1. The molecule has 0 bridgehead atoms. The molecule has 0 spiro atoms. The number of hydrogen-bond acceptors (Lipinski definition) is 7. The van der Waals surface area contributed by atoms with Crippen molar-refractivity contribution < 1.29 is 9.90 Å². The van der Waals surface area contributed by atoms with Crippen molar-refractivity contribution in [3.63, 3.8) is 0 Å². The fourth-order valence-corrected chi connectivity index (χ4v) is 5.12. The number of anilines is 1. The van der Waals surface area contributed by atoms with Crippen molar-refractivity contribution in [3.8, 4) is 29.0 Å². The Morgan fingerprint density at radius 1 is 1.06 bits per heavy atom. The number of carbonyl (C=O) groups excluding carboxylic acids is 1.